The van der Waals surface area contributed by atoms with E-state index in [1.54, 1.807) is 0 Å². The summed E-state index contributed by atoms with van der Waals surface area (Å²) in [4.78, 5) is 4.53. The van der Waals surface area contributed by atoms with Gasteiger partial charge in [0, 0.05) is 11.0 Å². The van der Waals surface area contributed by atoms with Gasteiger partial charge in [0.05, 0.1) is 5.69 Å². The van der Waals surface area contributed by atoms with Crippen LogP contribution in [0.5, 0.6) is 0 Å². The number of pyridine rings is 1. The van der Waals surface area contributed by atoms with E-state index < -0.39 is 0 Å². The van der Waals surface area contributed by atoms with Gasteiger partial charge >= 0.3 is 0 Å². The van der Waals surface area contributed by atoms with Crippen LogP contribution in [0.4, 0.5) is 5.82 Å². The second-order valence-electron chi connectivity index (χ2n) is 5.25. The summed E-state index contributed by atoms with van der Waals surface area (Å²) in [7, 11) is 0. The van der Waals surface area contributed by atoms with Gasteiger partial charge in [-0.25, -0.2) is 4.98 Å². The average Bonchev–Trinajstić information content (AvgIpc) is 3.13. The second-order valence-corrected chi connectivity index (χ2v) is 6.11. The summed E-state index contributed by atoms with van der Waals surface area (Å²) in [5, 5.41) is 3.50. The Morgan fingerprint density at radius 3 is 2.75 bits per heavy atom. The molecule has 2 fully saturated rings. The summed E-state index contributed by atoms with van der Waals surface area (Å²) in [5.41, 5.74) is 1.70. The van der Waals surface area contributed by atoms with Crippen molar-refractivity contribution in [1.82, 2.24) is 4.98 Å². The average molecular weight is 281 g/mol. The predicted octanol–water partition coefficient (Wildman–Crippen LogP) is 3.75. The van der Waals surface area contributed by atoms with Crippen molar-refractivity contribution in [2.24, 2.45) is 11.3 Å². The van der Waals surface area contributed by atoms with Crippen LogP contribution in [0.2, 0.25) is 0 Å². The molecule has 0 spiro atoms. The molecule has 0 aromatic carbocycles. The molecule has 0 atom stereocenters. The van der Waals surface area contributed by atoms with Gasteiger partial charge in [-0.15, -0.1) is 0 Å². The molecule has 2 saturated carbocycles. The number of hydrogen-bond acceptors (Lipinski definition) is 2. The van der Waals surface area contributed by atoms with Gasteiger partial charge in [0.25, 0.3) is 0 Å². The summed E-state index contributed by atoms with van der Waals surface area (Å²) in [6.07, 6.45) is 5.74. The van der Waals surface area contributed by atoms with Crippen molar-refractivity contribution in [3.05, 3.63) is 22.3 Å². The van der Waals surface area contributed by atoms with Crippen molar-refractivity contribution >= 4 is 21.7 Å². The normalized spacial score (nSPS) is 21.9. The highest BCUT2D eigenvalue weighted by atomic mass is 79.9. The number of halogens is 1. The van der Waals surface area contributed by atoms with Crippen LogP contribution in [0.3, 0.4) is 0 Å². The lowest BCUT2D eigenvalue weighted by Crippen LogP contribution is -2.18. The first-order valence-corrected chi connectivity index (χ1v) is 6.86. The highest BCUT2D eigenvalue weighted by Crippen LogP contribution is 2.61. The first kappa shape index (κ1) is 10.6. The number of nitrogens with one attached hydrogen (secondary N) is 1. The number of aromatic nitrogens is 1. The Bertz CT molecular complexity index is 408. The first-order valence-electron chi connectivity index (χ1n) is 6.07. The first-order chi connectivity index (χ1) is 7.70. The third-order valence-corrected chi connectivity index (χ3v) is 4.82. The molecule has 0 bridgehead atoms. The third kappa shape index (κ3) is 1.97. The molecule has 2 aliphatic rings. The minimum Gasteiger partial charge on any atom is -0.369 e. The lowest BCUT2D eigenvalue weighted by molar-refractivity contribution is 0.466. The molecular weight excluding hydrogens is 264 g/mol. The SMILES string of the molecule is Cc1nc(NCC2(C3CC3)CC2)ccc1Br. The molecule has 3 rings (SSSR count). The van der Waals surface area contributed by atoms with E-state index in [4.69, 9.17) is 0 Å². The molecule has 16 heavy (non-hydrogen) atoms. The van der Waals surface area contributed by atoms with Gasteiger partial charge in [-0.05, 0) is 72.0 Å². The van der Waals surface area contributed by atoms with E-state index in [1.807, 2.05) is 6.92 Å². The van der Waals surface area contributed by atoms with E-state index in [2.05, 4.69) is 38.4 Å². The Balaban J connectivity index is 1.63. The minimum atomic E-state index is 0.642. The molecular formula is C13H17BrN2. The Kier molecular flexibility index (Phi) is 2.46. The van der Waals surface area contributed by atoms with E-state index in [-0.39, 0.29) is 0 Å². The number of aryl methyl sites for hydroxylation is 1. The molecule has 1 aromatic heterocycles. The fraction of sp³-hybridized carbons (Fsp3) is 0.615. The van der Waals surface area contributed by atoms with Crippen LogP contribution in [-0.4, -0.2) is 11.5 Å². The summed E-state index contributed by atoms with van der Waals surface area (Å²) in [6, 6.07) is 4.13. The summed E-state index contributed by atoms with van der Waals surface area (Å²) >= 11 is 3.48. The molecule has 1 aromatic rings. The molecule has 1 heterocycles. The largest absolute Gasteiger partial charge is 0.369 e. The maximum atomic E-state index is 4.53. The maximum Gasteiger partial charge on any atom is 0.126 e. The molecule has 2 aliphatic carbocycles. The monoisotopic (exact) mass is 280 g/mol. The van der Waals surface area contributed by atoms with Crippen LogP contribution < -0.4 is 5.32 Å². The van der Waals surface area contributed by atoms with Crippen LogP contribution in [0.25, 0.3) is 0 Å². The number of nitrogens with zero attached hydrogens (tertiary/aromatic N) is 1. The quantitative estimate of drug-likeness (QED) is 0.909. The van der Waals surface area contributed by atoms with Crippen LogP contribution in [-0.2, 0) is 0 Å². The number of hydrogen-bond donors (Lipinski definition) is 1. The molecule has 0 amide bonds. The maximum absolute atomic E-state index is 4.53. The van der Waals surface area contributed by atoms with Crippen molar-refractivity contribution in [2.75, 3.05) is 11.9 Å². The van der Waals surface area contributed by atoms with Crippen molar-refractivity contribution in [2.45, 2.75) is 32.6 Å². The Labute approximate surface area is 105 Å². The summed E-state index contributed by atoms with van der Waals surface area (Å²) in [6.45, 7) is 3.15. The van der Waals surface area contributed by atoms with E-state index in [9.17, 15) is 0 Å². The van der Waals surface area contributed by atoms with E-state index in [0.717, 1.165) is 28.4 Å². The van der Waals surface area contributed by atoms with E-state index in [0.29, 0.717) is 5.41 Å². The smallest absolute Gasteiger partial charge is 0.126 e. The van der Waals surface area contributed by atoms with Crippen LogP contribution in [0.1, 0.15) is 31.4 Å². The van der Waals surface area contributed by atoms with Gasteiger partial charge in [0.1, 0.15) is 5.82 Å². The second kappa shape index (κ2) is 3.73. The summed E-state index contributed by atoms with van der Waals surface area (Å²) in [5.74, 6) is 2.03. The lowest BCUT2D eigenvalue weighted by atomic mass is 10.0. The fourth-order valence-electron chi connectivity index (χ4n) is 2.49. The molecule has 0 unspecified atom stereocenters. The van der Waals surface area contributed by atoms with Gasteiger partial charge in [-0.3, -0.25) is 0 Å². The van der Waals surface area contributed by atoms with Gasteiger partial charge in [0.2, 0.25) is 0 Å². The molecule has 3 heteroatoms. The molecule has 86 valence electrons. The number of rotatable bonds is 4. The van der Waals surface area contributed by atoms with Gasteiger partial charge in [0.15, 0.2) is 0 Å². The van der Waals surface area contributed by atoms with Crippen LogP contribution in [0.15, 0.2) is 16.6 Å². The standard InChI is InChI=1S/C13H17BrN2/c1-9-11(14)4-5-12(16-9)15-8-13(6-7-13)10-2-3-10/h4-5,10H,2-3,6-8H2,1H3,(H,15,16). The Hall–Kier alpha value is -0.570. The lowest BCUT2D eigenvalue weighted by Gasteiger charge is -2.15. The van der Waals surface area contributed by atoms with Gasteiger partial charge in [-0.1, -0.05) is 0 Å². The fourth-order valence-corrected chi connectivity index (χ4v) is 2.72. The van der Waals surface area contributed by atoms with E-state index >= 15 is 0 Å². The Morgan fingerprint density at radius 1 is 1.44 bits per heavy atom. The van der Waals surface area contributed by atoms with Crippen LogP contribution in [0, 0.1) is 18.3 Å². The number of anilines is 1. The highest BCUT2D eigenvalue weighted by Gasteiger charge is 2.53. The Morgan fingerprint density at radius 2 is 2.19 bits per heavy atom. The van der Waals surface area contributed by atoms with Gasteiger partial charge < -0.3 is 5.32 Å². The van der Waals surface area contributed by atoms with Crippen molar-refractivity contribution in [3.8, 4) is 0 Å². The predicted molar refractivity (Wildman–Crippen MR) is 69.6 cm³/mol. The molecule has 2 nitrogen and oxygen atoms in total. The van der Waals surface area contributed by atoms with Crippen molar-refractivity contribution in [3.63, 3.8) is 0 Å². The minimum absolute atomic E-state index is 0.642. The zero-order chi connectivity index (χ0) is 11.2. The zero-order valence-corrected chi connectivity index (χ0v) is 11.2. The van der Waals surface area contributed by atoms with Crippen molar-refractivity contribution < 1.29 is 0 Å². The van der Waals surface area contributed by atoms with E-state index in [1.165, 1.54) is 25.7 Å². The molecule has 0 radical (unpaired) electrons. The van der Waals surface area contributed by atoms with Crippen molar-refractivity contribution in [1.29, 1.82) is 0 Å². The topological polar surface area (TPSA) is 24.9 Å². The molecule has 1 N–H and O–H groups in total. The summed E-state index contributed by atoms with van der Waals surface area (Å²) < 4.78 is 1.08. The van der Waals surface area contributed by atoms with Gasteiger partial charge in [-0.2, -0.15) is 0 Å². The van der Waals surface area contributed by atoms with Crippen LogP contribution >= 0.6 is 15.9 Å². The molecule has 0 saturated heterocycles. The highest BCUT2D eigenvalue weighted by molar-refractivity contribution is 9.10. The third-order valence-electron chi connectivity index (χ3n) is 3.98. The zero-order valence-electron chi connectivity index (χ0n) is 9.59. The molecule has 0 aliphatic heterocycles.